The maximum absolute atomic E-state index is 12.0. The molecule has 0 aromatic heterocycles. The standard InChI is InChI=1S/C21H27NO2S/c1-16-9-11-17(12-10-16)25-14-13-22-20(23)15-24-19-8-6-5-7-18(19)21(2,3)4/h5-12H,13-15H2,1-4H3,(H,22,23). The number of hydrogen-bond acceptors (Lipinski definition) is 3. The van der Waals surface area contributed by atoms with Crippen molar-refractivity contribution in [3.05, 3.63) is 59.7 Å². The fourth-order valence-electron chi connectivity index (χ4n) is 2.40. The van der Waals surface area contributed by atoms with E-state index in [4.69, 9.17) is 4.74 Å². The normalized spacial score (nSPS) is 11.2. The third-order valence-corrected chi connectivity index (χ3v) is 4.78. The molecule has 134 valence electrons. The first kappa shape index (κ1) is 19.4. The molecule has 2 aromatic rings. The van der Waals surface area contributed by atoms with E-state index < -0.39 is 0 Å². The monoisotopic (exact) mass is 357 g/mol. The van der Waals surface area contributed by atoms with Gasteiger partial charge in [-0.3, -0.25) is 4.79 Å². The highest BCUT2D eigenvalue weighted by atomic mass is 32.2. The van der Waals surface area contributed by atoms with Gasteiger partial charge in [-0.1, -0.05) is 56.7 Å². The maximum Gasteiger partial charge on any atom is 0.257 e. The summed E-state index contributed by atoms with van der Waals surface area (Å²) in [6, 6.07) is 16.3. The molecule has 1 amide bonds. The van der Waals surface area contributed by atoms with Gasteiger partial charge in [-0.05, 0) is 36.1 Å². The number of carbonyl (C=O) groups is 1. The summed E-state index contributed by atoms with van der Waals surface area (Å²) in [4.78, 5) is 13.2. The Morgan fingerprint density at radius 2 is 1.76 bits per heavy atom. The summed E-state index contributed by atoms with van der Waals surface area (Å²) in [5.41, 5.74) is 2.35. The molecule has 0 aliphatic carbocycles. The highest BCUT2D eigenvalue weighted by Gasteiger charge is 2.18. The van der Waals surface area contributed by atoms with Gasteiger partial charge in [-0.25, -0.2) is 0 Å². The third-order valence-electron chi connectivity index (χ3n) is 3.77. The van der Waals surface area contributed by atoms with Crippen molar-refractivity contribution >= 4 is 17.7 Å². The Hall–Kier alpha value is -1.94. The summed E-state index contributed by atoms with van der Waals surface area (Å²) in [7, 11) is 0. The smallest absolute Gasteiger partial charge is 0.257 e. The van der Waals surface area contributed by atoms with Crippen LogP contribution in [0.5, 0.6) is 5.75 Å². The van der Waals surface area contributed by atoms with Crippen molar-refractivity contribution in [2.45, 2.75) is 38.0 Å². The second kappa shape index (κ2) is 8.95. The van der Waals surface area contributed by atoms with Gasteiger partial charge in [-0.15, -0.1) is 11.8 Å². The van der Waals surface area contributed by atoms with Crippen LogP contribution in [0.4, 0.5) is 0 Å². The minimum absolute atomic E-state index is 0.0161. The van der Waals surface area contributed by atoms with E-state index in [1.807, 2.05) is 24.3 Å². The van der Waals surface area contributed by atoms with Gasteiger partial charge in [0.15, 0.2) is 6.61 Å². The number of hydrogen-bond donors (Lipinski definition) is 1. The van der Waals surface area contributed by atoms with E-state index in [1.54, 1.807) is 11.8 Å². The molecule has 0 atom stereocenters. The average Bonchev–Trinajstić information content (AvgIpc) is 2.58. The average molecular weight is 358 g/mol. The molecule has 4 heteroatoms. The van der Waals surface area contributed by atoms with Crippen LogP contribution in [-0.2, 0) is 10.2 Å². The Morgan fingerprint density at radius 3 is 2.44 bits per heavy atom. The summed E-state index contributed by atoms with van der Waals surface area (Å²) >= 11 is 1.74. The predicted octanol–water partition coefficient (Wildman–Crippen LogP) is 4.58. The third kappa shape index (κ3) is 6.46. The van der Waals surface area contributed by atoms with Crippen molar-refractivity contribution in [2.75, 3.05) is 18.9 Å². The summed E-state index contributed by atoms with van der Waals surface area (Å²) in [5, 5.41) is 2.91. The molecule has 0 unspecified atom stereocenters. The van der Waals surface area contributed by atoms with Gasteiger partial charge in [-0.2, -0.15) is 0 Å². The topological polar surface area (TPSA) is 38.3 Å². The van der Waals surface area contributed by atoms with Crippen LogP contribution >= 0.6 is 11.8 Å². The van der Waals surface area contributed by atoms with Crippen LogP contribution < -0.4 is 10.1 Å². The lowest BCUT2D eigenvalue weighted by Gasteiger charge is -2.22. The molecule has 2 aromatic carbocycles. The molecule has 0 saturated carbocycles. The highest BCUT2D eigenvalue weighted by molar-refractivity contribution is 7.99. The Bertz CT molecular complexity index is 690. The molecule has 0 saturated heterocycles. The zero-order valence-electron chi connectivity index (χ0n) is 15.5. The van der Waals surface area contributed by atoms with Crippen molar-refractivity contribution in [1.82, 2.24) is 5.32 Å². The Labute approximate surface area is 155 Å². The quantitative estimate of drug-likeness (QED) is 0.582. The van der Waals surface area contributed by atoms with Crippen LogP contribution in [0.1, 0.15) is 31.9 Å². The van der Waals surface area contributed by atoms with E-state index >= 15 is 0 Å². The molecule has 0 bridgehead atoms. The van der Waals surface area contributed by atoms with E-state index in [1.165, 1.54) is 10.5 Å². The molecule has 0 heterocycles. The zero-order chi connectivity index (χ0) is 18.3. The maximum atomic E-state index is 12.0. The number of rotatable bonds is 7. The minimum Gasteiger partial charge on any atom is -0.483 e. The van der Waals surface area contributed by atoms with Crippen molar-refractivity contribution in [2.24, 2.45) is 0 Å². The zero-order valence-corrected chi connectivity index (χ0v) is 16.3. The fraction of sp³-hybridized carbons (Fsp3) is 0.381. The van der Waals surface area contributed by atoms with Crippen molar-refractivity contribution < 1.29 is 9.53 Å². The number of aryl methyl sites for hydroxylation is 1. The summed E-state index contributed by atoms with van der Waals surface area (Å²) in [5.74, 6) is 1.53. The molecule has 0 aliphatic heterocycles. The summed E-state index contributed by atoms with van der Waals surface area (Å²) < 4.78 is 5.74. The largest absolute Gasteiger partial charge is 0.483 e. The molecule has 3 nitrogen and oxygen atoms in total. The number of nitrogens with one attached hydrogen (secondary N) is 1. The lowest BCUT2D eigenvalue weighted by molar-refractivity contribution is -0.122. The Kier molecular flexibility index (Phi) is 6.94. The number of carbonyl (C=O) groups excluding carboxylic acids is 1. The predicted molar refractivity (Wildman–Crippen MR) is 106 cm³/mol. The summed E-state index contributed by atoms with van der Waals surface area (Å²) in [6.07, 6.45) is 0. The van der Waals surface area contributed by atoms with Gasteiger partial charge >= 0.3 is 0 Å². The van der Waals surface area contributed by atoms with Gasteiger partial charge in [0.2, 0.25) is 0 Å². The van der Waals surface area contributed by atoms with Crippen LogP contribution in [0, 0.1) is 6.92 Å². The molecule has 25 heavy (non-hydrogen) atoms. The van der Waals surface area contributed by atoms with Gasteiger partial charge in [0, 0.05) is 17.2 Å². The Balaban J connectivity index is 1.73. The molecule has 0 spiro atoms. The lowest BCUT2D eigenvalue weighted by atomic mass is 9.86. The van der Waals surface area contributed by atoms with Crippen LogP contribution in [-0.4, -0.2) is 24.8 Å². The first-order valence-corrected chi connectivity index (χ1v) is 9.53. The second-order valence-corrected chi connectivity index (χ2v) is 8.21. The number of thioether (sulfide) groups is 1. The van der Waals surface area contributed by atoms with Crippen LogP contribution in [0.3, 0.4) is 0 Å². The highest BCUT2D eigenvalue weighted by Crippen LogP contribution is 2.30. The van der Waals surface area contributed by atoms with E-state index in [-0.39, 0.29) is 17.9 Å². The van der Waals surface area contributed by atoms with Gasteiger partial charge < -0.3 is 10.1 Å². The molecular weight excluding hydrogens is 330 g/mol. The van der Waals surface area contributed by atoms with Gasteiger partial charge in [0.25, 0.3) is 5.91 Å². The fourth-order valence-corrected chi connectivity index (χ4v) is 3.17. The lowest BCUT2D eigenvalue weighted by Crippen LogP contribution is -2.31. The van der Waals surface area contributed by atoms with Crippen LogP contribution in [0.2, 0.25) is 0 Å². The van der Waals surface area contributed by atoms with Crippen LogP contribution in [0.15, 0.2) is 53.4 Å². The first-order valence-electron chi connectivity index (χ1n) is 8.55. The second-order valence-electron chi connectivity index (χ2n) is 7.05. The molecule has 0 fully saturated rings. The SMILES string of the molecule is Cc1ccc(SCCNC(=O)COc2ccccc2C(C)(C)C)cc1. The number of ether oxygens (including phenoxy) is 1. The van der Waals surface area contributed by atoms with E-state index in [2.05, 4.69) is 57.3 Å². The van der Waals surface area contributed by atoms with Crippen LogP contribution in [0.25, 0.3) is 0 Å². The number of amides is 1. The first-order chi connectivity index (χ1) is 11.9. The summed E-state index contributed by atoms with van der Waals surface area (Å²) in [6.45, 7) is 9.16. The van der Waals surface area contributed by atoms with Crippen molar-refractivity contribution in [3.63, 3.8) is 0 Å². The van der Waals surface area contributed by atoms with E-state index in [0.29, 0.717) is 6.54 Å². The van der Waals surface area contributed by atoms with Gasteiger partial charge in [0.1, 0.15) is 5.75 Å². The van der Waals surface area contributed by atoms with Crippen molar-refractivity contribution in [3.8, 4) is 5.75 Å². The minimum atomic E-state index is -0.0896. The molecule has 0 aliphatic rings. The van der Waals surface area contributed by atoms with E-state index in [0.717, 1.165) is 17.1 Å². The number of para-hydroxylation sites is 1. The molecule has 2 rings (SSSR count). The van der Waals surface area contributed by atoms with Gasteiger partial charge in [0.05, 0.1) is 0 Å². The molecule has 0 radical (unpaired) electrons. The molecular formula is C21H27NO2S. The van der Waals surface area contributed by atoms with E-state index in [9.17, 15) is 4.79 Å². The molecule has 1 N–H and O–H groups in total. The Morgan fingerprint density at radius 1 is 1.08 bits per heavy atom. The van der Waals surface area contributed by atoms with Crippen molar-refractivity contribution in [1.29, 1.82) is 0 Å². The number of benzene rings is 2.